The van der Waals surface area contributed by atoms with Gasteiger partial charge in [0.15, 0.2) is 12.4 Å². The minimum Gasteiger partial charge on any atom is -0.454 e. The third-order valence-electron chi connectivity index (χ3n) is 13.2. The smallest absolute Gasteiger partial charge is 0.306 e. The van der Waals surface area contributed by atoms with E-state index in [2.05, 4.69) is 99.0 Å². The number of unbranched alkanes of at least 4 members (excludes halogenated alkanes) is 20. The van der Waals surface area contributed by atoms with Crippen LogP contribution in [0.3, 0.4) is 0 Å². The van der Waals surface area contributed by atoms with Crippen molar-refractivity contribution in [1.82, 2.24) is 5.32 Å². The van der Waals surface area contributed by atoms with Crippen LogP contribution in [0.25, 0.3) is 0 Å². The lowest BCUT2D eigenvalue weighted by molar-refractivity contribution is -0.305. The van der Waals surface area contributed by atoms with E-state index >= 15 is 0 Å². The van der Waals surface area contributed by atoms with Crippen LogP contribution in [0, 0.1) is 0 Å². The van der Waals surface area contributed by atoms with Gasteiger partial charge < -0.3 is 45.1 Å². The molecule has 0 aromatic heterocycles. The summed E-state index contributed by atoms with van der Waals surface area (Å²) in [5, 5.41) is 56.8. The summed E-state index contributed by atoms with van der Waals surface area (Å²) in [6.07, 6.45) is 56.0. The van der Waals surface area contributed by atoms with Crippen molar-refractivity contribution >= 4 is 11.9 Å². The van der Waals surface area contributed by atoms with E-state index in [9.17, 15) is 35.1 Å². The highest BCUT2D eigenvalue weighted by Crippen LogP contribution is 2.26. The molecule has 1 aliphatic heterocycles. The Kier molecular flexibility index (Phi) is 46.7. The second-order valence-corrected chi connectivity index (χ2v) is 20.0. The Morgan fingerprint density at radius 3 is 1.46 bits per heavy atom. The quantitative estimate of drug-likeness (QED) is 0.0195. The number of amides is 1. The third kappa shape index (κ3) is 38.2. The second kappa shape index (κ2) is 50.4. The van der Waals surface area contributed by atoms with Crippen LogP contribution in [0.1, 0.15) is 226 Å². The van der Waals surface area contributed by atoms with Gasteiger partial charge in [-0.3, -0.25) is 9.59 Å². The lowest BCUT2D eigenvalue weighted by atomic mass is 9.99. The third-order valence-corrected chi connectivity index (χ3v) is 13.2. The van der Waals surface area contributed by atoms with Gasteiger partial charge in [0.25, 0.3) is 0 Å². The van der Waals surface area contributed by atoms with Crippen molar-refractivity contribution in [2.24, 2.45) is 0 Å². The molecule has 0 spiro atoms. The van der Waals surface area contributed by atoms with Gasteiger partial charge in [0, 0.05) is 6.42 Å². The molecule has 1 rings (SSSR count). The van der Waals surface area contributed by atoms with Crippen molar-refractivity contribution in [2.45, 2.75) is 275 Å². The van der Waals surface area contributed by atoms with Crippen LogP contribution in [-0.2, 0) is 23.8 Å². The molecule has 1 aliphatic rings. The van der Waals surface area contributed by atoms with Gasteiger partial charge in [-0.05, 0) is 89.9 Å². The molecule has 11 nitrogen and oxygen atoms in total. The van der Waals surface area contributed by atoms with Gasteiger partial charge >= 0.3 is 5.97 Å². The molecule has 424 valence electrons. The number of nitrogens with one attached hydrogen (secondary N) is 1. The van der Waals surface area contributed by atoms with E-state index in [1.54, 1.807) is 6.08 Å². The molecule has 0 aromatic rings. The summed E-state index contributed by atoms with van der Waals surface area (Å²) in [6, 6.07) is -1.05. The number of rotatable bonds is 48. The van der Waals surface area contributed by atoms with E-state index in [1.165, 1.54) is 83.5 Å². The molecule has 74 heavy (non-hydrogen) atoms. The molecule has 1 saturated heterocycles. The largest absolute Gasteiger partial charge is 0.454 e. The van der Waals surface area contributed by atoms with Crippen molar-refractivity contribution in [1.29, 1.82) is 0 Å². The average Bonchev–Trinajstić information content (AvgIpc) is 3.40. The maximum atomic E-state index is 13.4. The lowest BCUT2D eigenvalue weighted by Crippen LogP contribution is -2.61. The van der Waals surface area contributed by atoms with Gasteiger partial charge in [-0.1, -0.05) is 227 Å². The fraction of sp³-hybridized carbons (Fsp3) is 0.714. The Morgan fingerprint density at radius 1 is 0.541 bits per heavy atom. The minimum atomic E-state index is -1.64. The van der Waals surface area contributed by atoms with Crippen molar-refractivity contribution in [3.8, 4) is 0 Å². The molecule has 8 atom stereocenters. The SMILES string of the molecule is CC/C=C\C/C=C\C/C=C\C/C=C\C/C=C\CCCCCCC(O)C(=O)NC(COC1OC(CO)C(O)C(O)C1OC(=O)CC/C=C/C/C=C\CCCCCCCC)C(O)/C=C/CCCCCCCCCCCC. The highest BCUT2D eigenvalue weighted by Gasteiger charge is 2.47. The molecule has 0 aromatic carbocycles. The lowest BCUT2D eigenvalue weighted by Gasteiger charge is -2.41. The minimum absolute atomic E-state index is 0.0108. The highest BCUT2D eigenvalue weighted by atomic mass is 16.7. The number of ether oxygens (including phenoxy) is 3. The van der Waals surface area contributed by atoms with E-state index in [-0.39, 0.29) is 19.4 Å². The summed E-state index contributed by atoms with van der Waals surface area (Å²) < 4.78 is 17.5. The molecule has 1 fully saturated rings. The van der Waals surface area contributed by atoms with E-state index < -0.39 is 67.4 Å². The van der Waals surface area contributed by atoms with Crippen molar-refractivity contribution in [3.63, 3.8) is 0 Å². The van der Waals surface area contributed by atoms with Crippen LogP contribution < -0.4 is 5.32 Å². The number of esters is 1. The zero-order chi connectivity index (χ0) is 54.0. The summed E-state index contributed by atoms with van der Waals surface area (Å²) >= 11 is 0. The Hall–Kier alpha value is -3.42. The van der Waals surface area contributed by atoms with E-state index in [0.29, 0.717) is 12.8 Å². The van der Waals surface area contributed by atoms with Gasteiger partial charge in [-0.25, -0.2) is 0 Å². The first kappa shape index (κ1) is 68.6. The maximum absolute atomic E-state index is 13.4. The first-order chi connectivity index (χ1) is 36.2. The Labute approximate surface area is 450 Å². The molecular formula is C63H107NO10. The van der Waals surface area contributed by atoms with Gasteiger partial charge in [0.05, 0.1) is 25.4 Å². The first-order valence-corrected chi connectivity index (χ1v) is 29.5. The summed E-state index contributed by atoms with van der Waals surface area (Å²) in [6.45, 7) is 5.60. The maximum Gasteiger partial charge on any atom is 0.306 e. The van der Waals surface area contributed by atoms with Crippen molar-refractivity contribution in [2.75, 3.05) is 13.2 Å². The second-order valence-electron chi connectivity index (χ2n) is 20.0. The number of aliphatic hydroxyl groups is 5. The topological polar surface area (TPSA) is 175 Å². The number of allylic oxidation sites excluding steroid dienone is 15. The van der Waals surface area contributed by atoms with Crippen LogP contribution >= 0.6 is 0 Å². The Balaban J connectivity index is 2.75. The van der Waals surface area contributed by atoms with Gasteiger partial charge in [0.2, 0.25) is 5.91 Å². The molecule has 11 heteroatoms. The summed E-state index contributed by atoms with van der Waals surface area (Å²) in [5.74, 6) is -1.29. The molecule has 0 aliphatic carbocycles. The van der Waals surface area contributed by atoms with Crippen molar-refractivity contribution in [3.05, 3.63) is 97.2 Å². The molecule has 0 saturated carbocycles. The zero-order valence-corrected chi connectivity index (χ0v) is 46.7. The molecule has 0 bridgehead atoms. The Bertz CT molecular complexity index is 1570. The van der Waals surface area contributed by atoms with E-state index in [0.717, 1.165) is 96.3 Å². The Morgan fingerprint density at radius 2 is 0.973 bits per heavy atom. The van der Waals surface area contributed by atoms with E-state index in [1.807, 2.05) is 18.2 Å². The fourth-order valence-electron chi connectivity index (χ4n) is 8.55. The molecule has 6 N–H and O–H groups in total. The number of hydrogen-bond acceptors (Lipinski definition) is 10. The summed E-state index contributed by atoms with van der Waals surface area (Å²) in [7, 11) is 0. The van der Waals surface area contributed by atoms with Gasteiger partial charge in [-0.15, -0.1) is 0 Å². The first-order valence-electron chi connectivity index (χ1n) is 29.5. The number of carbonyl (C=O) groups excluding carboxylic acids is 2. The van der Waals surface area contributed by atoms with Gasteiger partial charge in [-0.2, -0.15) is 0 Å². The molecule has 1 amide bonds. The molecule has 1 heterocycles. The molecule has 0 radical (unpaired) electrons. The van der Waals surface area contributed by atoms with Crippen LogP contribution in [0.5, 0.6) is 0 Å². The van der Waals surface area contributed by atoms with Crippen LogP contribution in [0.4, 0.5) is 0 Å². The van der Waals surface area contributed by atoms with Crippen LogP contribution in [0.2, 0.25) is 0 Å². The highest BCUT2D eigenvalue weighted by molar-refractivity contribution is 5.80. The summed E-state index contributed by atoms with van der Waals surface area (Å²) in [5.41, 5.74) is 0. The summed E-state index contributed by atoms with van der Waals surface area (Å²) in [4.78, 5) is 26.4. The fourth-order valence-corrected chi connectivity index (χ4v) is 8.55. The van der Waals surface area contributed by atoms with E-state index in [4.69, 9.17) is 14.2 Å². The molecule has 8 unspecified atom stereocenters. The zero-order valence-electron chi connectivity index (χ0n) is 46.7. The average molecular weight is 1040 g/mol. The van der Waals surface area contributed by atoms with Crippen molar-refractivity contribution < 1.29 is 49.3 Å². The normalized spacial score (nSPS) is 20.0. The standard InChI is InChI=1S/C63H107NO10/c1-4-7-10-13-16-19-22-25-26-27-28-29-30-31-33-35-38-41-44-47-50-56(67)62(71)64-54(55(66)49-46-43-40-37-34-24-21-18-15-12-9-6-3)53-72-63-61(60(70)59(69)57(52-65)73-63)74-58(68)51-48-45-42-39-36-32-23-20-17-14-11-8-5-2/h7,10,16,19,25-26,28-29,31-33,36,42,45-46,49,54-57,59-61,63,65-67,69-70H,4-6,8-9,11-15,17-18,20-24,27,30,34-35,37-41,43-44,47-48,50-53H2,1-3H3,(H,64,71)/b10-7-,19-16-,26-25-,29-28-,33-31-,36-32-,45-42+,49-46+. The number of carbonyl (C=O) groups is 2. The number of aliphatic hydroxyl groups excluding tert-OH is 5. The molecular weight excluding hydrogens is 931 g/mol. The predicted octanol–water partition coefficient (Wildman–Crippen LogP) is 13.6. The van der Waals surface area contributed by atoms with Crippen LogP contribution in [-0.4, -0.2) is 99.6 Å². The van der Waals surface area contributed by atoms with Crippen LogP contribution in [0.15, 0.2) is 97.2 Å². The monoisotopic (exact) mass is 1040 g/mol. The predicted molar refractivity (Wildman–Crippen MR) is 305 cm³/mol. The number of hydrogen-bond donors (Lipinski definition) is 6. The van der Waals surface area contributed by atoms with Gasteiger partial charge in [0.1, 0.15) is 24.4 Å².